The summed E-state index contributed by atoms with van der Waals surface area (Å²) in [5, 5.41) is 12.7. The summed E-state index contributed by atoms with van der Waals surface area (Å²) in [6.07, 6.45) is -1.13. The zero-order chi connectivity index (χ0) is 14.5. The minimum atomic E-state index is -1.13. The maximum absolute atomic E-state index is 12.9. The Morgan fingerprint density at radius 1 is 1.25 bits per heavy atom. The Morgan fingerprint density at radius 2 is 1.95 bits per heavy atom. The van der Waals surface area contributed by atoms with E-state index in [1.54, 1.807) is 24.3 Å². The lowest BCUT2D eigenvalue weighted by Gasteiger charge is -2.14. The largest absolute Gasteiger partial charge is 0.374 e. The summed E-state index contributed by atoms with van der Waals surface area (Å²) >= 11 is 5.83. The van der Waals surface area contributed by atoms with Gasteiger partial charge in [0.15, 0.2) is 5.78 Å². The van der Waals surface area contributed by atoms with Crippen LogP contribution in [0.5, 0.6) is 0 Å². The third-order valence-electron chi connectivity index (χ3n) is 2.81. The minimum absolute atomic E-state index is 0.0428. The van der Waals surface area contributed by atoms with Crippen molar-refractivity contribution in [1.82, 2.24) is 5.32 Å². The van der Waals surface area contributed by atoms with Gasteiger partial charge in [-0.2, -0.15) is 0 Å². The Kier molecular flexibility index (Phi) is 4.84. The molecule has 0 fully saturated rings. The SMILES string of the molecule is O=C(CNC(O)c1ccc(F)cc1Cl)c1ccccc1. The summed E-state index contributed by atoms with van der Waals surface area (Å²) in [4.78, 5) is 11.9. The molecule has 20 heavy (non-hydrogen) atoms. The zero-order valence-corrected chi connectivity index (χ0v) is 11.3. The molecule has 0 heterocycles. The number of Topliss-reactive ketones (excluding diaryl/α,β-unsaturated/α-hetero) is 1. The van der Waals surface area contributed by atoms with Gasteiger partial charge < -0.3 is 5.11 Å². The van der Waals surface area contributed by atoms with E-state index in [9.17, 15) is 14.3 Å². The van der Waals surface area contributed by atoms with Crippen LogP contribution in [0.15, 0.2) is 48.5 Å². The number of hydrogen-bond donors (Lipinski definition) is 2. The lowest BCUT2D eigenvalue weighted by Crippen LogP contribution is -2.27. The summed E-state index contributed by atoms with van der Waals surface area (Å²) in [6, 6.07) is 12.4. The van der Waals surface area contributed by atoms with Crippen LogP contribution in [0.1, 0.15) is 22.1 Å². The third-order valence-corrected chi connectivity index (χ3v) is 3.14. The second kappa shape index (κ2) is 6.61. The summed E-state index contributed by atoms with van der Waals surface area (Å²) in [5.41, 5.74) is 0.881. The molecule has 0 aromatic heterocycles. The second-order valence-corrected chi connectivity index (χ2v) is 4.65. The van der Waals surface area contributed by atoms with Gasteiger partial charge in [0, 0.05) is 11.1 Å². The summed E-state index contributed by atoms with van der Waals surface area (Å²) in [6.45, 7) is -0.0428. The molecule has 0 spiro atoms. The van der Waals surface area contributed by atoms with E-state index in [1.165, 1.54) is 12.1 Å². The van der Waals surface area contributed by atoms with E-state index in [2.05, 4.69) is 5.32 Å². The molecule has 0 aliphatic heterocycles. The fourth-order valence-electron chi connectivity index (χ4n) is 1.75. The number of ketones is 1. The minimum Gasteiger partial charge on any atom is -0.374 e. The zero-order valence-electron chi connectivity index (χ0n) is 10.5. The molecule has 0 amide bonds. The first-order valence-corrected chi connectivity index (χ1v) is 6.40. The molecular formula is C15H13ClFNO2. The number of rotatable bonds is 5. The highest BCUT2D eigenvalue weighted by molar-refractivity contribution is 6.31. The van der Waals surface area contributed by atoms with Crippen molar-refractivity contribution in [2.75, 3.05) is 6.54 Å². The molecule has 0 aliphatic carbocycles. The van der Waals surface area contributed by atoms with E-state index in [1.807, 2.05) is 6.07 Å². The molecule has 0 saturated heterocycles. The van der Waals surface area contributed by atoms with E-state index in [-0.39, 0.29) is 17.4 Å². The molecule has 0 bridgehead atoms. The van der Waals surface area contributed by atoms with Gasteiger partial charge in [-0.25, -0.2) is 4.39 Å². The van der Waals surface area contributed by atoms with Crippen LogP contribution in [0.4, 0.5) is 4.39 Å². The maximum atomic E-state index is 12.9. The van der Waals surface area contributed by atoms with E-state index < -0.39 is 12.0 Å². The number of benzene rings is 2. The fourth-order valence-corrected chi connectivity index (χ4v) is 2.02. The fraction of sp³-hybridized carbons (Fsp3) is 0.133. The topological polar surface area (TPSA) is 49.3 Å². The van der Waals surface area contributed by atoms with Gasteiger partial charge in [-0.05, 0) is 12.1 Å². The number of nitrogens with one attached hydrogen (secondary N) is 1. The predicted molar refractivity (Wildman–Crippen MR) is 75.1 cm³/mol. The van der Waals surface area contributed by atoms with Crippen LogP contribution < -0.4 is 5.32 Å². The van der Waals surface area contributed by atoms with Crippen molar-refractivity contribution in [3.8, 4) is 0 Å². The molecule has 0 aliphatic rings. The molecule has 104 valence electrons. The van der Waals surface area contributed by atoms with Crippen LogP contribution in [-0.2, 0) is 0 Å². The monoisotopic (exact) mass is 293 g/mol. The summed E-state index contributed by atoms with van der Waals surface area (Å²) in [5.74, 6) is -0.630. The average Bonchev–Trinajstić information content (AvgIpc) is 2.45. The Balaban J connectivity index is 1.98. The van der Waals surface area contributed by atoms with Crippen molar-refractivity contribution >= 4 is 17.4 Å². The highest BCUT2D eigenvalue weighted by atomic mass is 35.5. The standard InChI is InChI=1S/C15H13ClFNO2/c16-13-8-11(17)6-7-12(13)15(20)18-9-14(19)10-4-2-1-3-5-10/h1-8,15,18,20H,9H2. The van der Waals surface area contributed by atoms with Crippen molar-refractivity contribution in [1.29, 1.82) is 0 Å². The van der Waals surface area contributed by atoms with Gasteiger partial charge >= 0.3 is 0 Å². The van der Waals surface area contributed by atoms with Crippen molar-refractivity contribution < 1.29 is 14.3 Å². The number of aliphatic hydroxyl groups excluding tert-OH is 1. The van der Waals surface area contributed by atoms with Crippen LogP contribution in [0.3, 0.4) is 0 Å². The van der Waals surface area contributed by atoms with Gasteiger partial charge in [0.05, 0.1) is 11.6 Å². The molecule has 3 nitrogen and oxygen atoms in total. The van der Waals surface area contributed by atoms with E-state index in [0.717, 1.165) is 6.07 Å². The molecule has 0 radical (unpaired) electrons. The lowest BCUT2D eigenvalue weighted by molar-refractivity contribution is 0.0925. The Hall–Kier alpha value is -1.75. The summed E-state index contributed by atoms with van der Waals surface area (Å²) < 4.78 is 12.9. The van der Waals surface area contributed by atoms with Gasteiger partial charge in [-0.1, -0.05) is 48.0 Å². The van der Waals surface area contributed by atoms with Gasteiger partial charge in [0.1, 0.15) is 12.0 Å². The van der Waals surface area contributed by atoms with Crippen LogP contribution in [0.2, 0.25) is 5.02 Å². The van der Waals surface area contributed by atoms with Crippen molar-refractivity contribution in [3.05, 3.63) is 70.5 Å². The molecule has 1 unspecified atom stereocenters. The number of halogens is 2. The van der Waals surface area contributed by atoms with Crippen LogP contribution in [0, 0.1) is 5.82 Å². The van der Waals surface area contributed by atoms with Crippen molar-refractivity contribution in [2.45, 2.75) is 6.23 Å². The smallest absolute Gasteiger partial charge is 0.176 e. The van der Waals surface area contributed by atoms with Gasteiger partial charge in [-0.3, -0.25) is 10.1 Å². The molecule has 2 N–H and O–H groups in total. The van der Waals surface area contributed by atoms with Gasteiger partial charge in [0.2, 0.25) is 0 Å². The Labute approximate surface area is 121 Å². The number of hydrogen-bond acceptors (Lipinski definition) is 3. The number of carbonyl (C=O) groups excluding carboxylic acids is 1. The number of carbonyl (C=O) groups is 1. The highest BCUT2D eigenvalue weighted by Crippen LogP contribution is 2.22. The average molecular weight is 294 g/mol. The molecule has 5 heteroatoms. The van der Waals surface area contributed by atoms with Gasteiger partial charge in [-0.15, -0.1) is 0 Å². The highest BCUT2D eigenvalue weighted by Gasteiger charge is 2.13. The van der Waals surface area contributed by atoms with Crippen LogP contribution in [-0.4, -0.2) is 17.4 Å². The second-order valence-electron chi connectivity index (χ2n) is 4.24. The van der Waals surface area contributed by atoms with Crippen molar-refractivity contribution in [3.63, 3.8) is 0 Å². The van der Waals surface area contributed by atoms with Crippen molar-refractivity contribution in [2.24, 2.45) is 0 Å². The first-order valence-electron chi connectivity index (χ1n) is 6.02. The molecular weight excluding hydrogens is 281 g/mol. The Bertz CT molecular complexity index is 604. The number of aliphatic hydroxyl groups is 1. The van der Waals surface area contributed by atoms with E-state index >= 15 is 0 Å². The quantitative estimate of drug-likeness (QED) is 0.658. The predicted octanol–water partition coefficient (Wildman–Crippen LogP) is 2.94. The first-order chi connectivity index (χ1) is 9.58. The normalized spacial score (nSPS) is 12.2. The Morgan fingerprint density at radius 3 is 2.60 bits per heavy atom. The molecule has 2 aromatic carbocycles. The molecule has 2 aromatic rings. The maximum Gasteiger partial charge on any atom is 0.176 e. The first kappa shape index (κ1) is 14.7. The van der Waals surface area contributed by atoms with E-state index in [0.29, 0.717) is 11.1 Å². The van der Waals surface area contributed by atoms with Crippen LogP contribution >= 0.6 is 11.6 Å². The lowest BCUT2D eigenvalue weighted by atomic mass is 10.1. The molecule has 1 atom stereocenters. The third kappa shape index (κ3) is 3.63. The van der Waals surface area contributed by atoms with Crippen LogP contribution in [0.25, 0.3) is 0 Å². The molecule has 0 saturated carbocycles. The van der Waals surface area contributed by atoms with E-state index in [4.69, 9.17) is 11.6 Å². The van der Waals surface area contributed by atoms with Gasteiger partial charge in [0.25, 0.3) is 0 Å². The summed E-state index contributed by atoms with van der Waals surface area (Å²) in [7, 11) is 0. The molecule has 2 rings (SSSR count).